The van der Waals surface area contributed by atoms with Crippen molar-refractivity contribution >= 4 is 32.9 Å². The number of sulfonamides is 1. The standard InChI is InChI=1S/C30H28N2O8S/c1-3-4-15-40-23-10-12-24(13-11-23)41(37,38)31-26(30(35)36)17-22-19-32(18-21-7-5-6-8-28(21)39-2)27-14-9-20(29(33)34)16-25(22)27/h5-14,16,19,26,31H,15,17-18H2,1-2H3,(H,33,34)(H,35,36)/t26-/m0/s1. The third-order valence-corrected chi connectivity index (χ3v) is 7.87. The monoisotopic (exact) mass is 576 g/mol. The van der Waals surface area contributed by atoms with Crippen LogP contribution in [0.5, 0.6) is 11.5 Å². The number of ether oxygens (including phenoxy) is 2. The molecule has 0 unspecified atom stereocenters. The molecule has 0 bridgehead atoms. The van der Waals surface area contributed by atoms with Crippen LogP contribution in [0.3, 0.4) is 0 Å². The zero-order valence-corrected chi connectivity index (χ0v) is 23.1. The van der Waals surface area contributed by atoms with E-state index in [1.165, 1.54) is 36.4 Å². The fraction of sp³-hybridized carbons (Fsp3) is 0.200. The fourth-order valence-electron chi connectivity index (χ4n) is 4.38. The number of aromatic carboxylic acids is 1. The number of rotatable bonds is 12. The van der Waals surface area contributed by atoms with Crippen LogP contribution in [0, 0.1) is 11.8 Å². The molecule has 0 saturated carbocycles. The number of hydrogen-bond acceptors (Lipinski definition) is 6. The second-order valence-corrected chi connectivity index (χ2v) is 10.7. The van der Waals surface area contributed by atoms with Crippen LogP contribution >= 0.6 is 0 Å². The van der Waals surface area contributed by atoms with E-state index in [0.29, 0.717) is 34.5 Å². The largest absolute Gasteiger partial charge is 0.496 e. The predicted octanol–water partition coefficient (Wildman–Crippen LogP) is 3.77. The number of carboxylic acids is 2. The van der Waals surface area contributed by atoms with Gasteiger partial charge in [0.25, 0.3) is 0 Å². The van der Waals surface area contributed by atoms with Crippen molar-refractivity contribution in [3.63, 3.8) is 0 Å². The Bertz CT molecular complexity index is 1750. The predicted molar refractivity (Wildman–Crippen MR) is 152 cm³/mol. The van der Waals surface area contributed by atoms with Crippen molar-refractivity contribution in [2.24, 2.45) is 0 Å². The molecule has 3 aromatic carbocycles. The number of nitrogens with one attached hydrogen (secondary N) is 1. The lowest BCUT2D eigenvalue weighted by atomic mass is 10.0. The average molecular weight is 577 g/mol. The number of methoxy groups -OCH3 is 1. The number of nitrogens with zero attached hydrogens (tertiary/aromatic N) is 1. The summed E-state index contributed by atoms with van der Waals surface area (Å²) in [5, 5.41) is 20.0. The highest BCUT2D eigenvalue weighted by molar-refractivity contribution is 7.89. The highest BCUT2D eigenvalue weighted by atomic mass is 32.2. The number of aliphatic carboxylic acids is 1. The molecule has 0 aliphatic carbocycles. The minimum absolute atomic E-state index is 0.0217. The lowest BCUT2D eigenvalue weighted by molar-refractivity contribution is -0.138. The first-order chi connectivity index (χ1) is 19.6. The minimum Gasteiger partial charge on any atom is -0.496 e. The Hall–Kier alpha value is -4.79. The maximum absolute atomic E-state index is 13.1. The SMILES string of the molecule is CC#CCOc1ccc(S(=O)(=O)N[C@@H](Cc2cn(Cc3ccccc3OC)c3ccc(C(=O)O)cc23)C(=O)O)cc1. The van der Waals surface area contributed by atoms with Crippen molar-refractivity contribution in [1.82, 2.24) is 9.29 Å². The molecule has 0 aliphatic rings. The van der Waals surface area contributed by atoms with Crippen LogP contribution in [0.4, 0.5) is 0 Å². The molecule has 0 radical (unpaired) electrons. The van der Waals surface area contributed by atoms with E-state index in [-0.39, 0.29) is 23.5 Å². The van der Waals surface area contributed by atoms with E-state index >= 15 is 0 Å². The molecule has 0 spiro atoms. The molecule has 1 aromatic heterocycles. The summed E-state index contributed by atoms with van der Waals surface area (Å²) in [7, 11) is -2.67. The van der Waals surface area contributed by atoms with Gasteiger partial charge in [0, 0.05) is 29.1 Å². The van der Waals surface area contributed by atoms with Crippen molar-refractivity contribution in [3.05, 3.63) is 89.6 Å². The topological polar surface area (TPSA) is 144 Å². The average Bonchev–Trinajstić information content (AvgIpc) is 3.29. The number of carbonyl (C=O) groups is 2. The van der Waals surface area contributed by atoms with Gasteiger partial charge in [0.05, 0.1) is 24.1 Å². The van der Waals surface area contributed by atoms with Crippen LogP contribution in [0.1, 0.15) is 28.4 Å². The smallest absolute Gasteiger partial charge is 0.335 e. The van der Waals surface area contributed by atoms with Gasteiger partial charge in [0.1, 0.15) is 24.1 Å². The molecule has 0 aliphatic heterocycles. The van der Waals surface area contributed by atoms with Gasteiger partial charge in [-0.1, -0.05) is 24.1 Å². The van der Waals surface area contributed by atoms with E-state index in [0.717, 1.165) is 5.56 Å². The summed E-state index contributed by atoms with van der Waals surface area (Å²) >= 11 is 0. The Morgan fingerprint density at radius 2 is 1.76 bits per heavy atom. The Balaban J connectivity index is 1.66. The highest BCUT2D eigenvalue weighted by Crippen LogP contribution is 2.28. The van der Waals surface area contributed by atoms with Gasteiger partial charge in [-0.25, -0.2) is 13.2 Å². The molecule has 4 aromatic rings. The first-order valence-corrected chi connectivity index (χ1v) is 14.0. The molecular weight excluding hydrogens is 548 g/mol. The molecule has 11 heteroatoms. The quantitative estimate of drug-likeness (QED) is 0.216. The van der Waals surface area contributed by atoms with Gasteiger partial charge < -0.3 is 24.3 Å². The fourth-order valence-corrected chi connectivity index (χ4v) is 5.56. The molecular formula is C30H28N2O8S. The number of benzene rings is 3. The third-order valence-electron chi connectivity index (χ3n) is 6.39. The van der Waals surface area contributed by atoms with E-state index < -0.39 is 28.0 Å². The zero-order chi connectivity index (χ0) is 29.6. The summed E-state index contributed by atoms with van der Waals surface area (Å²) in [6.07, 6.45) is 1.47. The zero-order valence-electron chi connectivity index (χ0n) is 22.3. The maximum Gasteiger partial charge on any atom is 0.335 e. The number of aromatic nitrogens is 1. The first kappa shape index (κ1) is 29.2. The summed E-state index contributed by atoms with van der Waals surface area (Å²) in [6.45, 7) is 2.18. The normalized spacial score (nSPS) is 11.9. The lowest BCUT2D eigenvalue weighted by Crippen LogP contribution is -2.42. The van der Waals surface area contributed by atoms with Crippen LogP contribution in [-0.4, -0.2) is 54.9 Å². The van der Waals surface area contributed by atoms with E-state index in [1.807, 2.05) is 28.8 Å². The minimum atomic E-state index is -4.22. The van der Waals surface area contributed by atoms with Gasteiger partial charge >= 0.3 is 11.9 Å². The molecule has 10 nitrogen and oxygen atoms in total. The molecule has 0 fully saturated rings. The molecule has 0 amide bonds. The molecule has 0 saturated heterocycles. The van der Waals surface area contributed by atoms with E-state index in [2.05, 4.69) is 16.6 Å². The molecule has 4 rings (SSSR count). The van der Waals surface area contributed by atoms with Gasteiger partial charge in [-0.2, -0.15) is 4.72 Å². The lowest BCUT2D eigenvalue weighted by Gasteiger charge is -2.15. The summed E-state index contributed by atoms with van der Waals surface area (Å²) in [4.78, 5) is 23.8. The highest BCUT2D eigenvalue weighted by Gasteiger charge is 2.27. The first-order valence-electron chi connectivity index (χ1n) is 12.5. The van der Waals surface area contributed by atoms with Crippen molar-refractivity contribution in [1.29, 1.82) is 0 Å². The van der Waals surface area contributed by atoms with Crippen LogP contribution in [0.15, 0.2) is 77.8 Å². The Kier molecular flexibility index (Phi) is 8.97. The van der Waals surface area contributed by atoms with Crippen molar-refractivity contribution in [2.75, 3.05) is 13.7 Å². The number of carboxylic acid groups (broad SMARTS) is 2. The Morgan fingerprint density at radius 1 is 1.02 bits per heavy atom. The summed E-state index contributed by atoms with van der Waals surface area (Å²) < 4.78 is 41.2. The van der Waals surface area contributed by atoms with Crippen molar-refractivity contribution < 1.29 is 37.7 Å². The van der Waals surface area contributed by atoms with Gasteiger partial charge in [-0.15, -0.1) is 5.92 Å². The van der Waals surface area contributed by atoms with Crippen LogP contribution < -0.4 is 14.2 Å². The molecule has 3 N–H and O–H groups in total. The second kappa shape index (κ2) is 12.6. The molecule has 41 heavy (non-hydrogen) atoms. The maximum atomic E-state index is 13.1. The van der Waals surface area contributed by atoms with E-state index in [4.69, 9.17) is 9.47 Å². The molecule has 1 heterocycles. The summed E-state index contributed by atoms with van der Waals surface area (Å²) in [6, 6.07) is 16.0. The van der Waals surface area contributed by atoms with Crippen LogP contribution in [0.2, 0.25) is 0 Å². The van der Waals surface area contributed by atoms with Gasteiger partial charge in [0.2, 0.25) is 10.0 Å². The number of fused-ring (bicyclic) bond motifs is 1. The third kappa shape index (κ3) is 6.87. The Labute approximate surface area is 237 Å². The number of hydrogen-bond donors (Lipinski definition) is 3. The van der Waals surface area contributed by atoms with Gasteiger partial charge in [-0.05, 0) is 61.0 Å². The van der Waals surface area contributed by atoms with Gasteiger partial charge in [0.15, 0.2) is 0 Å². The van der Waals surface area contributed by atoms with Gasteiger partial charge in [-0.3, -0.25) is 4.79 Å². The number of para-hydroxylation sites is 1. The Morgan fingerprint density at radius 3 is 2.41 bits per heavy atom. The van der Waals surface area contributed by atoms with E-state index in [1.54, 1.807) is 26.3 Å². The van der Waals surface area contributed by atoms with E-state index in [9.17, 15) is 28.2 Å². The second-order valence-electron chi connectivity index (χ2n) is 9.03. The summed E-state index contributed by atoms with van der Waals surface area (Å²) in [5.74, 6) is 3.98. The van der Waals surface area contributed by atoms with Crippen LogP contribution in [-0.2, 0) is 27.8 Å². The van der Waals surface area contributed by atoms with Crippen molar-refractivity contribution in [3.8, 4) is 23.3 Å². The summed E-state index contributed by atoms with van der Waals surface area (Å²) in [5.41, 5.74) is 2.00. The molecule has 212 valence electrons. The van der Waals surface area contributed by atoms with Crippen LogP contribution in [0.25, 0.3) is 10.9 Å². The molecule has 1 atom stereocenters. The van der Waals surface area contributed by atoms with Crippen molar-refractivity contribution in [2.45, 2.75) is 30.8 Å².